The molecule has 2 aromatic carbocycles. The molecule has 1 aromatic heterocycles. The number of allylic oxidation sites excluding steroid dienone is 1. The highest BCUT2D eigenvalue weighted by atomic mass is 16.6. The molecular formula is C22H17N5O6. The van der Waals surface area contributed by atoms with Crippen molar-refractivity contribution in [2.45, 2.75) is 6.92 Å². The Kier molecular flexibility index (Phi) is 7.17. The van der Waals surface area contributed by atoms with Crippen molar-refractivity contribution in [1.29, 1.82) is 0 Å². The van der Waals surface area contributed by atoms with Crippen LogP contribution in [0.2, 0.25) is 0 Å². The van der Waals surface area contributed by atoms with Crippen LogP contribution in [0.25, 0.3) is 5.76 Å². The lowest BCUT2D eigenvalue weighted by Crippen LogP contribution is -2.17. The Morgan fingerprint density at radius 2 is 1.73 bits per heavy atom. The van der Waals surface area contributed by atoms with Crippen molar-refractivity contribution >= 4 is 35.2 Å². The third-order valence-corrected chi connectivity index (χ3v) is 4.15. The molecular weight excluding hydrogens is 430 g/mol. The number of aliphatic hydroxyl groups is 1. The van der Waals surface area contributed by atoms with Gasteiger partial charge in [-0.05, 0) is 30.3 Å². The smallest absolute Gasteiger partial charge is 0.433 e. The van der Waals surface area contributed by atoms with Gasteiger partial charge in [-0.3, -0.25) is 19.7 Å². The molecule has 3 aromatic rings. The molecule has 0 fully saturated rings. The number of nitrogens with zero attached hydrogens (tertiary/aromatic N) is 4. The van der Waals surface area contributed by atoms with Crippen LogP contribution in [0.4, 0.5) is 11.6 Å². The number of carbonyl (C=O) groups excluding carboxylic acids is 2. The number of furan rings is 1. The Bertz CT molecular complexity index is 1260. The number of hydrogen-bond donors (Lipinski definition) is 2. The van der Waals surface area contributed by atoms with Gasteiger partial charge in [-0.15, -0.1) is 5.11 Å². The summed E-state index contributed by atoms with van der Waals surface area (Å²) in [5, 5.41) is 32.4. The van der Waals surface area contributed by atoms with Crippen LogP contribution in [0, 0.1) is 10.1 Å². The fourth-order valence-corrected chi connectivity index (χ4v) is 2.53. The molecule has 166 valence electrons. The van der Waals surface area contributed by atoms with E-state index in [1.165, 1.54) is 43.3 Å². The summed E-state index contributed by atoms with van der Waals surface area (Å²) in [6.45, 7) is 1.27. The van der Waals surface area contributed by atoms with Gasteiger partial charge in [0.2, 0.25) is 0 Å². The number of ketones is 1. The van der Waals surface area contributed by atoms with Gasteiger partial charge in [-0.2, -0.15) is 10.2 Å². The maximum absolute atomic E-state index is 12.2. The minimum atomic E-state index is -0.687. The zero-order valence-electron chi connectivity index (χ0n) is 17.2. The van der Waals surface area contributed by atoms with Gasteiger partial charge in [0.25, 0.3) is 5.91 Å². The third kappa shape index (κ3) is 6.04. The van der Waals surface area contributed by atoms with E-state index < -0.39 is 22.5 Å². The minimum absolute atomic E-state index is 0.103. The lowest BCUT2D eigenvalue weighted by Gasteiger charge is -2.03. The van der Waals surface area contributed by atoms with Gasteiger partial charge in [0.05, 0.1) is 18.0 Å². The molecule has 2 N–H and O–H groups in total. The highest BCUT2D eigenvalue weighted by Gasteiger charge is 2.13. The first-order valence-corrected chi connectivity index (χ1v) is 9.44. The lowest BCUT2D eigenvalue weighted by atomic mass is 10.1. The molecule has 0 atom stereocenters. The summed E-state index contributed by atoms with van der Waals surface area (Å²) in [5.74, 6) is -1.63. The number of amides is 1. The number of rotatable bonds is 8. The zero-order valence-corrected chi connectivity index (χ0v) is 17.2. The fraction of sp³-hybridized carbons (Fsp3) is 0.0455. The van der Waals surface area contributed by atoms with Gasteiger partial charge >= 0.3 is 5.88 Å². The number of Topliss-reactive ketones (excluding diaryl/α,β-unsaturated/α-hetero) is 1. The summed E-state index contributed by atoms with van der Waals surface area (Å²) in [6.07, 6.45) is 1.13. The molecule has 0 aliphatic heterocycles. The average molecular weight is 447 g/mol. The number of carbonyl (C=O) groups is 2. The van der Waals surface area contributed by atoms with Crippen LogP contribution in [-0.2, 0) is 4.79 Å². The first-order chi connectivity index (χ1) is 15.8. The zero-order chi connectivity index (χ0) is 23.8. The van der Waals surface area contributed by atoms with E-state index in [2.05, 4.69) is 20.8 Å². The van der Waals surface area contributed by atoms with E-state index in [1.807, 2.05) is 0 Å². The van der Waals surface area contributed by atoms with Crippen molar-refractivity contribution in [1.82, 2.24) is 5.43 Å². The molecule has 1 heterocycles. The summed E-state index contributed by atoms with van der Waals surface area (Å²) in [5.41, 5.74) is 3.10. The molecule has 3 rings (SSSR count). The van der Waals surface area contributed by atoms with E-state index in [-0.39, 0.29) is 22.8 Å². The van der Waals surface area contributed by atoms with Crippen molar-refractivity contribution < 1.29 is 24.0 Å². The quantitative estimate of drug-likeness (QED) is 0.129. The van der Waals surface area contributed by atoms with E-state index >= 15 is 0 Å². The first-order valence-electron chi connectivity index (χ1n) is 9.44. The van der Waals surface area contributed by atoms with Crippen LogP contribution in [0.5, 0.6) is 0 Å². The Hall–Kier alpha value is -4.93. The monoisotopic (exact) mass is 447 g/mol. The Morgan fingerprint density at radius 1 is 1.03 bits per heavy atom. The van der Waals surface area contributed by atoms with Crippen molar-refractivity contribution in [2.24, 2.45) is 15.3 Å². The number of nitro groups is 1. The number of aliphatic hydroxyl groups excluding tert-OH is 1. The Balaban J connectivity index is 1.66. The molecule has 0 radical (unpaired) electrons. The van der Waals surface area contributed by atoms with Crippen molar-refractivity contribution in [3.05, 3.63) is 99.4 Å². The Morgan fingerprint density at radius 3 is 2.33 bits per heavy atom. The summed E-state index contributed by atoms with van der Waals surface area (Å²) < 4.78 is 4.89. The van der Waals surface area contributed by atoms with Gasteiger partial charge in [0.15, 0.2) is 23.0 Å². The second-order valence-electron chi connectivity index (χ2n) is 6.50. The second-order valence-corrected chi connectivity index (χ2v) is 6.50. The molecule has 0 saturated carbocycles. The van der Waals surface area contributed by atoms with Crippen LogP contribution in [0.3, 0.4) is 0 Å². The van der Waals surface area contributed by atoms with Gasteiger partial charge < -0.3 is 9.52 Å². The van der Waals surface area contributed by atoms with Crippen molar-refractivity contribution in [3.63, 3.8) is 0 Å². The molecule has 33 heavy (non-hydrogen) atoms. The first kappa shape index (κ1) is 22.7. The van der Waals surface area contributed by atoms with E-state index in [4.69, 9.17) is 4.42 Å². The van der Waals surface area contributed by atoms with Crippen molar-refractivity contribution in [2.75, 3.05) is 0 Å². The summed E-state index contributed by atoms with van der Waals surface area (Å²) >= 11 is 0. The molecule has 0 saturated heterocycles. The van der Waals surface area contributed by atoms with E-state index in [9.17, 15) is 24.8 Å². The maximum Gasteiger partial charge on any atom is 0.433 e. The average Bonchev–Trinajstić information content (AvgIpc) is 3.29. The van der Waals surface area contributed by atoms with Crippen LogP contribution in [-0.4, -0.2) is 27.9 Å². The van der Waals surface area contributed by atoms with Gasteiger partial charge in [-0.1, -0.05) is 30.3 Å². The summed E-state index contributed by atoms with van der Waals surface area (Å²) in [4.78, 5) is 33.9. The highest BCUT2D eigenvalue weighted by molar-refractivity contribution is 5.99. The summed E-state index contributed by atoms with van der Waals surface area (Å²) in [6, 6.07) is 16.9. The Labute approximate surface area is 186 Å². The molecule has 0 bridgehead atoms. The van der Waals surface area contributed by atoms with E-state index in [0.29, 0.717) is 11.3 Å². The van der Waals surface area contributed by atoms with E-state index in [1.54, 1.807) is 30.3 Å². The number of azo groups is 1. The fourth-order valence-electron chi connectivity index (χ4n) is 2.53. The molecule has 11 nitrogen and oxygen atoms in total. The van der Waals surface area contributed by atoms with Gasteiger partial charge in [0.1, 0.15) is 4.92 Å². The third-order valence-electron chi connectivity index (χ3n) is 4.15. The van der Waals surface area contributed by atoms with Crippen LogP contribution >= 0.6 is 0 Å². The minimum Gasteiger partial charge on any atom is -0.505 e. The predicted molar refractivity (Wildman–Crippen MR) is 118 cm³/mol. The largest absolute Gasteiger partial charge is 0.505 e. The maximum atomic E-state index is 12.2. The number of hydrogen-bond acceptors (Lipinski definition) is 9. The molecule has 1 amide bonds. The molecule has 0 aliphatic carbocycles. The van der Waals surface area contributed by atoms with E-state index in [0.717, 1.165) is 6.21 Å². The highest BCUT2D eigenvalue weighted by Crippen LogP contribution is 2.21. The lowest BCUT2D eigenvalue weighted by molar-refractivity contribution is -0.402. The molecule has 0 unspecified atom stereocenters. The number of hydrazone groups is 1. The SMILES string of the molecule is CC(=O)/C(N=Nc1ccc(C(=O)N/N=C/c2ccc([N+](=O)[O-])o2)cc1)=C(/O)c1ccccc1. The topological polar surface area (TPSA) is 160 Å². The van der Waals surface area contributed by atoms with Crippen molar-refractivity contribution in [3.8, 4) is 0 Å². The van der Waals surface area contributed by atoms with Gasteiger partial charge in [0, 0.05) is 18.1 Å². The standard InChI is InChI=1S/C22H17N5O6/c1-14(28)20(21(29)15-5-3-2-4-6-15)25-24-17-9-7-16(8-10-17)22(30)26-23-13-18-11-12-19(33-18)27(31)32/h2-13,29H,1H3,(H,26,30)/b21-20-,23-13+,25-24?. The number of nitrogens with one attached hydrogen (secondary N) is 1. The summed E-state index contributed by atoms with van der Waals surface area (Å²) in [7, 11) is 0. The van der Waals surface area contributed by atoms with Crippen LogP contribution in [0.1, 0.15) is 28.6 Å². The number of benzene rings is 2. The second kappa shape index (κ2) is 10.4. The molecule has 11 heteroatoms. The van der Waals surface area contributed by atoms with Crippen LogP contribution in [0.15, 0.2) is 92.2 Å². The molecule has 0 aliphatic rings. The predicted octanol–water partition coefficient (Wildman–Crippen LogP) is 4.55. The van der Waals surface area contributed by atoms with Crippen LogP contribution < -0.4 is 5.43 Å². The normalized spacial score (nSPS) is 12.0. The molecule has 0 spiro atoms. The van der Waals surface area contributed by atoms with Gasteiger partial charge in [-0.25, -0.2) is 5.43 Å².